The zero-order valence-electron chi connectivity index (χ0n) is 11.6. The Labute approximate surface area is 115 Å². The molecule has 19 heavy (non-hydrogen) atoms. The van der Waals surface area contributed by atoms with Crippen molar-refractivity contribution in [3.63, 3.8) is 0 Å². The van der Waals surface area contributed by atoms with Crippen molar-refractivity contribution >= 4 is 0 Å². The first-order valence-corrected chi connectivity index (χ1v) is 7.76. The van der Waals surface area contributed by atoms with Crippen LogP contribution in [0.1, 0.15) is 63.0 Å². The summed E-state index contributed by atoms with van der Waals surface area (Å²) in [5.74, 6) is 1.79. The van der Waals surface area contributed by atoms with Crippen molar-refractivity contribution in [1.82, 2.24) is 0 Å². The van der Waals surface area contributed by atoms with Crippen molar-refractivity contribution in [1.29, 1.82) is 0 Å². The van der Waals surface area contributed by atoms with Gasteiger partial charge in [-0.15, -0.1) is 0 Å². The molecule has 2 aliphatic carbocycles. The van der Waals surface area contributed by atoms with Crippen LogP contribution in [0.5, 0.6) is 5.75 Å². The number of hydrogen-bond acceptors (Lipinski definition) is 2. The lowest BCUT2D eigenvalue weighted by molar-refractivity contribution is 0.157. The molecule has 2 aliphatic rings. The summed E-state index contributed by atoms with van der Waals surface area (Å²) in [4.78, 5) is 0. The molecule has 3 rings (SSSR count). The van der Waals surface area contributed by atoms with Crippen molar-refractivity contribution in [2.24, 2.45) is 5.92 Å². The van der Waals surface area contributed by atoms with E-state index in [0.29, 0.717) is 6.10 Å². The molecule has 0 aliphatic heterocycles. The molecule has 1 unspecified atom stereocenters. The largest absolute Gasteiger partial charge is 0.490 e. The smallest absolute Gasteiger partial charge is 0.119 e. The van der Waals surface area contributed by atoms with Crippen molar-refractivity contribution in [3.8, 4) is 5.75 Å². The lowest BCUT2D eigenvalue weighted by Crippen LogP contribution is -2.02. The summed E-state index contributed by atoms with van der Waals surface area (Å²) >= 11 is 0. The van der Waals surface area contributed by atoms with E-state index in [-0.39, 0.29) is 6.10 Å². The Balaban J connectivity index is 1.48. The number of rotatable bonds is 6. The van der Waals surface area contributed by atoms with Crippen LogP contribution in [0.2, 0.25) is 0 Å². The number of hydrogen-bond donors (Lipinski definition) is 1. The molecule has 104 valence electrons. The van der Waals surface area contributed by atoms with E-state index in [1.807, 2.05) is 24.3 Å². The zero-order chi connectivity index (χ0) is 13.1. The van der Waals surface area contributed by atoms with Gasteiger partial charge in [0.1, 0.15) is 5.75 Å². The fourth-order valence-corrected chi connectivity index (χ4v) is 3.01. The Kier molecular flexibility index (Phi) is 4.07. The van der Waals surface area contributed by atoms with E-state index in [0.717, 1.165) is 23.7 Å². The van der Waals surface area contributed by atoms with E-state index in [9.17, 15) is 5.11 Å². The first-order valence-electron chi connectivity index (χ1n) is 7.76. The Morgan fingerprint density at radius 1 is 1.05 bits per heavy atom. The molecule has 1 atom stereocenters. The van der Waals surface area contributed by atoms with E-state index in [4.69, 9.17) is 4.74 Å². The minimum absolute atomic E-state index is 0.310. The summed E-state index contributed by atoms with van der Waals surface area (Å²) in [6.07, 6.45) is 10.1. The minimum Gasteiger partial charge on any atom is -0.490 e. The topological polar surface area (TPSA) is 29.5 Å². The number of aliphatic hydroxyl groups is 1. The Hall–Kier alpha value is -1.02. The molecule has 2 nitrogen and oxygen atoms in total. The van der Waals surface area contributed by atoms with Crippen molar-refractivity contribution in [2.45, 2.75) is 63.6 Å². The Morgan fingerprint density at radius 3 is 2.37 bits per heavy atom. The highest BCUT2D eigenvalue weighted by atomic mass is 16.5. The molecule has 2 fully saturated rings. The molecule has 0 bridgehead atoms. The van der Waals surface area contributed by atoms with Crippen LogP contribution >= 0.6 is 0 Å². The summed E-state index contributed by atoms with van der Waals surface area (Å²) in [6, 6.07) is 8.01. The van der Waals surface area contributed by atoms with E-state index < -0.39 is 0 Å². The van der Waals surface area contributed by atoms with Gasteiger partial charge in [-0.3, -0.25) is 0 Å². The van der Waals surface area contributed by atoms with Gasteiger partial charge in [-0.05, 0) is 49.3 Å². The van der Waals surface area contributed by atoms with Crippen LogP contribution < -0.4 is 4.74 Å². The van der Waals surface area contributed by atoms with Crippen LogP contribution in [0.15, 0.2) is 24.3 Å². The van der Waals surface area contributed by atoms with E-state index >= 15 is 0 Å². The van der Waals surface area contributed by atoms with Gasteiger partial charge in [0.15, 0.2) is 0 Å². The second-order valence-electron chi connectivity index (χ2n) is 6.13. The molecule has 0 amide bonds. The minimum atomic E-state index is -0.310. The lowest BCUT2D eigenvalue weighted by Gasteiger charge is -2.14. The molecule has 2 saturated carbocycles. The van der Waals surface area contributed by atoms with Gasteiger partial charge in [-0.25, -0.2) is 0 Å². The third-order valence-electron chi connectivity index (χ3n) is 4.42. The number of benzene rings is 1. The van der Waals surface area contributed by atoms with Crippen LogP contribution in [0.4, 0.5) is 0 Å². The maximum absolute atomic E-state index is 10.2. The fraction of sp³-hybridized carbons (Fsp3) is 0.647. The summed E-state index contributed by atoms with van der Waals surface area (Å²) in [5, 5.41) is 10.2. The molecule has 1 aromatic rings. The highest BCUT2D eigenvalue weighted by Crippen LogP contribution is 2.32. The highest BCUT2D eigenvalue weighted by Gasteiger charge is 2.23. The van der Waals surface area contributed by atoms with Crippen molar-refractivity contribution < 1.29 is 9.84 Å². The van der Waals surface area contributed by atoms with E-state index in [1.54, 1.807) is 0 Å². The van der Waals surface area contributed by atoms with Crippen molar-refractivity contribution in [2.75, 3.05) is 0 Å². The molecule has 2 heteroatoms. The van der Waals surface area contributed by atoms with Crippen molar-refractivity contribution in [3.05, 3.63) is 29.8 Å². The summed E-state index contributed by atoms with van der Waals surface area (Å²) in [6.45, 7) is 0. The fourth-order valence-electron chi connectivity index (χ4n) is 3.01. The molecular weight excluding hydrogens is 236 g/mol. The predicted octanol–water partition coefficient (Wildman–Crippen LogP) is 4.23. The first-order chi connectivity index (χ1) is 9.31. The van der Waals surface area contributed by atoms with Gasteiger partial charge in [-0.2, -0.15) is 0 Å². The average molecular weight is 260 g/mol. The molecule has 1 N–H and O–H groups in total. The molecule has 0 saturated heterocycles. The lowest BCUT2D eigenvalue weighted by atomic mass is 9.96. The van der Waals surface area contributed by atoms with E-state index in [2.05, 4.69) is 0 Å². The normalized spacial score (nSPS) is 21.5. The molecule has 0 spiro atoms. The third-order valence-corrected chi connectivity index (χ3v) is 4.42. The zero-order valence-corrected chi connectivity index (χ0v) is 11.6. The maximum atomic E-state index is 10.2. The van der Waals surface area contributed by atoms with Crippen LogP contribution in [0, 0.1) is 5.92 Å². The van der Waals surface area contributed by atoms with Gasteiger partial charge in [0.2, 0.25) is 0 Å². The van der Waals surface area contributed by atoms with E-state index in [1.165, 1.54) is 44.9 Å². The Morgan fingerprint density at radius 2 is 1.74 bits per heavy atom. The highest BCUT2D eigenvalue weighted by molar-refractivity contribution is 5.29. The van der Waals surface area contributed by atoms with Gasteiger partial charge < -0.3 is 9.84 Å². The third kappa shape index (κ3) is 3.73. The van der Waals surface area contributed by atoms with Crippen LogP contribution in [0.25, 0.3) is 0 Å². The number of aliphatic hydroxyl groups excluding tert-OH is 1. The first kappa shape index (κ1) is 13.0. The quantitative estimate of drug-likeness (QED) is 0.829. The van der Waals surface area contributed by atoms with Crippen LogP contribution in [-0.4, -0.2) is 11.2 Å². The van der Waals surface area contributed by atoms with Crippen LogP contribution in [-0.2, 0) is 0 Å². The second-order valence-corrected chi connectivity index (χ2v) is 6.13. The standard InChI is InChI=1S/C17H24O2/c18-17(12-5-13-3-1-2-4-13)14-6-8-15(9-7-14)19-16-10-11-16/h6-9,13,16-18H,1-5,10-12H2. The average Bonchev–Trinajstić information content (AvgIpc) is 3.09. The summed E-state index contributed by atoms with van der Waals surface area (Å²) in [5.41, 5.74) is 1.03. The van der Waals surface area contributed by atoms with Gasteiger partial charge in [0.25, 0.3) is 0 Å². The maximum Gasteiger partial charge on any atom is 0.119 e. The van der Waals surface area contributed by atoms with Gasteiger partial charge in [0.05, 0.1) is 12.2 Å². The second kappa shape index (κ2) is 5.96. The number of ether oxygens (including phenoxy) is 1. The summed E-state index contributed by atoms with van der Waals surface area (Å²) in [7, 11) is 0. The van der Waals surface area contributed by atoms with Gasteiger partial charge >= 0.3 is 0 Å². The predicted molar refractivity (Wildman–Crippen MR) is 76.2 cm³/mol. The SMILES string of the molecule is OC(CCC1CCCC1)c1ccc(OC2CC2)cc1. The van der Waals surface area contributed by atoms with Crippen LogP contribution in [0.3, 0.4) is 0 Å². The summed E-state index contributed by atoms with van der Waals surface area (Å²) < 4.78 is 5.72. The Bertz CT molecular complexity index is 388. The van der Waals surface area contributed by atoms with Gasteiger partial charge in [0, 0.05) is 0 Å². The monoisotopic (exact) mass is 260 g/mol. The van der Waals surface area contributed by atoms with Gasteiger partial charge in [-0.1, -0.05) is 37.8 Å². The molecule has 0 radical (unpaired) electrons. The molecular formula is C17H24O2. The molecule has 1 aromatic carbocycles. The molecule has 0 heterocycles. The molecule has 0 aromatic heterocycles.